The van der Waals surface area contributed by atoms with Crippen LogP contribution in [0.1, 0.15) is 21.5 Å². The predicted octanol–water partition coefficient (Wildman–Crippen LogP) is 2.36. The van der Waals surface area contributed by atoms with Crippen molar-refractivity contribution in [2.45, 2.75) is 12.8 Å². The minimum absolute atomic E-state index is 0.0700. The van der Waals surface area contributed by atoms with Gasteiger partial charge in [-0.1, -0.05) is 6.07 Å². The third-order valence-corrected chi connectivity index (χ3v) is 3.90. The second-order valence-electron chi connectivity index (χ2n) is 5.38. The fourth-order valence-corrected chi connectivity index (χ4v) is 2.59. The zero-order chi connectivity index (χ0) is 14.7. The number of likely N-dealkylation sites (N-methyl/N-ethyl adjacent to an activating group) is 1. The van der Waals surface area contributed by atoms with Crippen molar-refractivity contribution in [1.29, 1.82) is 0 Å². The number of carbonyl (C=O) groups excluding carboxylic acids is 1. The molecule has 0 fully saturated rings. The number of rotatable bonds is 4. The molecule has 1 aromatic heterocycles. The molecule has 1 aromatic carbocycles. The fraction of sp³-hybridized carbons (Fsp3) is 0.294. The van der Waals surface area contributed by atoms with Crippen LogP contribution in [-0.2, 0) is 12.8 Å². The summed E-state index contributed by atoms with van der Waals surface area (Å²) in [5, 5.41) is 3.31. The Balaban J connectivity index is 1.64. The minimum Gasteiger partial charge on any atom is -0.384 e. The molecule has 0 bridgehead atoms. The van der Waals surface area contributed by atoms with Gasteiger partial charge in [0.25, 0.3) is 5.91 Å². The van der Waals surface area contributed by atoms with Crippen molar-refractivity contribution in [3.8, 4) is 0 Å². The first-order valence-electron chi connectivity index (χ1n) is 7.25. The standard InChI is InChI=1S/C17H19N3O/c1-20(11-7-13-4-8-18-9-5-13)17(21)15-3-2-14-6-10-19-16(14)12-15/h2-5,8-9,12,19H,6-7,10-11H2,1H3. The van der Waals surface area contributed by atoms with Crippen molar-refractivity contribution in [2.75, 3.05) is 25.5 Å². The maximum atomic E-state index is 12.5. The number of hydrogen-bond acceptors (Lipinski definition) is 3. The van der Waals surface area contributed by atoms with Crippen molar-refractivity contribution in [3.63, 3.8) is 0 Å². The van der Waals surface area contributed by atoms with E-state index < -0.39 is 0 Å². The number of aromatic nitrogens is 1. The summed E-state index contributed by atoms with van der Waals surface area (Å²) >= 11 is 0. The largest absolute Gasteiger partial charge is 0.384 e. The first-order valence-corrected chi connectivity index (χ1v) is 7.25. The van der Waals surface area contributed by atoms with Crippen LogP contribution in [0.2, 0.25) is 0 Å². The first kappa shape index (κ1) is 13.6. The molecule has 0 saturated heterocycles. The average molecular weight is 281 g/mol. The van der Waals surface area contributed by atoms with E-state index in [1.54, 1.807) is 17.3 Å². The second kappa shape index (κ2) is 5.95. The van der Waals surface area contributed by atoms with E-state index in [1.165, 1.54) is 11.1 Å². The maximum absolute atomic E-state index is 12.5. The quantitative estimate of drug-likeness (QED) is 0.935. The second-order valence-corrected chi connectivity index (χ2v) is 5.38. The van der Waals surface area contributed by atoms with Gasteiger partial charge in [-0.2, -0.15) is 0 Å². The zero-order valence-electron chi connectivity index (χ0n) is 12.2. The summed E-state index contributed by atoms with van der Waals surface area (Å²) in [5.41, 5.74) is 4.34. The molecule has 0 atom stereocenters. The summed E-state index contributed by atoms with van der Waals surface area (Å²) in [4.78, 5) is 18.2. The number of amides is 1. The van der Waals surface area contributed by atoms with Crippen LogP contribution >= 0.6 is 0 Å². The summed E-state index contributed by atoms with van der Waals surface area (Å²) in [6.45, 7) is 1.66. The maximum Gasteiger partial charge on any atom is 0.253 e. The lowest BCUT2D eigenvalue weighted by atomic mass is 10.1. The van der Waals surface area contributed by atoms with Crippen molar-refractivity contribution in [3.05, 3.63) is 59.4 Å². The highest BCUT2D eigenvalue weighted by Gasteiger charge is 2.16. The number of nitrogens with zero attached hydrogens (tertiary/aromatic N) is 2. The molecule has 4 heteroatoms. The van der Waals surface area contributed by atoms with Crippen molar-refractivity contribution in [2.24, 2.45) is 0 Å². The Labute approximate surface area is 124 Å². The molecule has 1 aliphatic rings. The van der Waals surface area contributed by atoms with Crippen LogP contribution in [0.25, 0.3) is 0 Å². The fourth-order valence-electron chi connectivity index (χ4n) is 2.59. The average Bonchev–Trinajstić information content (AvgIpc) is 3.00. The lowest BCUT2D eigenvalue weighted by molar-refractivity contribution is 0.0796. The van der Waals surface area contributed by atoms with Crippen LogP contribution in [0.3, 0.4) is 0 Å². The van der Waals surface area contributed by atoms with Crippen molar-refractivity contribution in [1.82, 2.24) is 9.88 Å². The van der Waals surface area contributed by atoms with Crippen LogP contribution in [0.4, 0.5) is 5.69 Å². The van der Waals surface area contributed by atoms with E-state index in [4.69, 9.17) is 0 Å². The third kappa shape index (κ3) is 3.05. The van der Waals surface area contributed by atoms with Gasteiger partial charge in [-0.25, -0.2) is 0 Å². The number of hydrogen-bond donors (Lipinski definition) is 1. The smallest absolute Gasteiger partial charge is 0.253 e. The van der Waals surface area contributed by atoms with Gasteiger partial charge in [0.1, 0.15) is 0 Å². The van der Waals surface area contributed by atoms with E-state index in [1.807, 2.05) is 31.3 Å². The lowest BCUT2D eigenvalue weighted by Crippen LogP contribution is -2.28. The highest BCUT2D eigenvalue weighted by atomic mass is 16.2. The van der Waals surface area contributed by atoms with Gasteiger partial charge in [0.05, 0.1) is 0 Å². The topological polar surface area (TPSA) is 45.2 Å². The highest BCUT2D eigenvalue weighted by molar-refractivity contribution is 5.95. The monoisotopic (exact) mass is 281 g/mol. The van der Waals surface area contributed by atoms with Gasteiger partial charge in [0.15, 0.2) is 0 Å². The molecule has 2 heterocycles. The van der Waals surface area contributed by atoms with Gasteiger partial charge in [0.2, 0.25) is 0 Å². The number of nitrogens with one attached hydrogen (secondary N) is 1. The Kier molecular flexibility index (Phi) is 3.86. The van der Waals surface area contributed by atoms with Crippen molar-refractivity contribution < 1.29 is 4.79 Å². The molecule has 108 valence electrons. The van der Waals surface area contributed by atoms with Crippen molar-refractivity contribution >= 4 is 11.6 Å². The molecule has 1 amide bonds. The van der Waals surface area contributed by atoms with Crippen LogP contribution in [0.5, 0.6) is 0 Å². The molecule has 0 spiro atoms. The van der Waals surface area contributed by atoms with E-state index in [0.717, 1.165) is 30.6 Å². The van der Waals surface area contributed by atoms with Crippen LogP contribution < -0.4 is 5.32 Å². The van der Waals surface area contributed by atoms with E-state index in [9.17, 15) is 4.79 Å². The van der Waals surface area contributed by atoms with Gasteiger partial charge in [-0.15, -0.1) is 0 Å². The summed E-state index contributed by atoms with van der Waals surface area (Å²) in [6, 6.07) is 9.92. The van der Waals surface area contributed by atoms with Crippen LogP contribution in [0.15, 0.2) is 42.7 Å². The summed E-state index contributed by atoms with van der Waals surface area (Å²) in [5.74, 6) is 0.0700. The van der Waals surface area contributed by atoms with E-state index in [2.05, 4.69) is 16.4 Å². The van der Waals surface area contributed by atoms with Gasteiger partial charge in [-0.05, 0) is 48.2 Å². The first-order chi connectivity index (χ1) is 10.2. The third-order valence-electron chi connectivity index (χ3n) is 3.90. The van der Waals surface area contributed by atoms with Gasteiger partial charge >= 0.3 is 0 Å². The Morgan fingerprint density at radius 1 is 1.29 bits per heavy atom. The molecular weight excluding hydrogens is 262 g/mol. The molecule has 21 heavy (non-hydrogen) atoms. The van der Waals surface area contributed by atoms with E-state index in [-0.39, 0.29) is 5.91 Å². The molecule has 1 N–H and O–H groups in total. The zero-order valence-corrected chi connectivity index (χ0v) is 12.2. The van der Waals surface area contributed by atoms with Gasteiger partial charge in [0, 0.05) is 43.8 Å². The normalized spacial score (nSPS) is 12.6. The van der Waals surface area contributed by atoms with Gasteiger partial charge in [-0.3, -0.25) is 9.78 Å². The molecular formula is C17H19N3O. The molecule has 2 aromatic rings. The van der Waals surface area contributed by atoms with Gasteiger partial charge < -0.3 is 10.2 Å². The number of carbonyl (C=O) groups is 1. The summed E-state index contributed by atoms with van der Waals surface area (Å²) in [7, 11) is 1.85. The number of pyridine rings is 1. The predicted molar refractivity (Wildman–Crippen MR) is 83.5 cm³/mol. The molecule has 4 nitrogen and oxygen atoms in total. The molecule has 0 radical (unpaired) electrons. The lowest BCUT2D eigenvalue weighted by Gasteiger charge is -2.17. The Bertz CT molecular complexity index is 640. The van der Waals surface area contributed by atoms with Crippen LogP contribution in [-0.4, -0.2) is 35.9 Å². The van der Waals surface area contributed by atoms with Crippen LogP contribution in [0, 0.1) is 0 Å². The SMILES string of the molecule is CN(CCc1ccncc1)C(=O)c1ccc2c(c1)NCC2. The summed E-state index contributed by atoms with van der Waals surface area (Å²) in [6.07, 6.45) is 5.45. The number of anilines is 1. The Morgan fingerprint density at radius 3 is 2.90 bits per heavy atom. The molecule has 3 rings (SSSR count). The molecule has 0 saturated carbocycles. The minimum atomic E-state index is 0.0700. The molecule has 1 aliphatic heterocycles. The molecule has 0 aliphatic carbocycles. The number of fused-ring (bicyclic) bond motifs is 1. The van der Waals surface area contributed by atoms with E-state index in [0.29, 0.717) is 6.54 Å². The summed E-state index contributed by atoms with van der Waals surface area (Å²) < 4.78 is 0. The Hall–Kier alpha value is -2.36. The molecule has 0 unspecified atom stereocenters. The Morgan fingerprint density at radius 2 is 2.10 bits per heavy atom. The number of benzene rings is 1. The highest BCUT2D eigenvalue weighted by Crippen LogP contribution is 2.23. The van der Waals surface area contributed by atoms with E-state index >= 15 is 0 Å².